The van der Waals surface area contributed by atoms with Crippen LogP contribution >= 0.6 is 0 Å². The summed E-state index contributed by atoms with van der Waals surface area (Å²) in [6.07, 6.45) is 0. The summed E-state index contributed by atoms with van der Waals surface area (Å²) in [6, 6.07) is 6.06. The minimum absolute atomic E-state index is 0.0238. The summed E-state index contributed by atoms with van der Waals surface area (Å²) in [6.45, 7) is 4.37. The molecule has 1 aromatic rings. The lowest BCUT2D eigenvalue weighted by Crippen LogP contribution is -2.15. The van der Waals surface area contributed by atoms with Gasteiger partial charge in [-0.3, -0.25) is 4.79 Å². The van der Waals surface area contributed by atoms with Crippen LogP contribution in [0.15, 0.2) is 18.2 Å². The van der Waals surface area contributed by atoms with Gasteiger partial charge >= 0.3 is 0 Å². The molecule has 15 heavy (non-hydrogen) atoms. The largest absolute Gasteiger partial charge is 0.326 e. The van der Waals surface area contributed by atoms with E-state index in [1.165, 1.54) is 6.92 Å². The molecule has 3 heteroatoms. The molecule has 0 fully saturated rings. The smallest absolute Gasteiger partial charge is 0.221 e. The highest BCUT2D eigenvalue weighted by Crippen LogP contribution is 2.21. The number of aryl methyl sites for hydroxylation is 1. The van der Waals surface area contributed by atoms with Gasteiger partial charge in [0.2, 0.25) is 5.91 Å². The summed E-state index contributed by atoms with van der Waals surface area (Å²) in [7, 11) is 4.03. The van der Waals surface area contributed by atoms with E-state index in [9.17, 15) is 4.79 Å². The molecule has 0 aromatic heterocycles. The number of nitrogens with one attached hydrogen (secondary N) is 1. The fraction of sp³-hybridized carbons (Fsp3) is 0.417. The molecule has 1 rings (SSSR count). The monoisotopic (exact) mass is 206 g/mol. The first-order chi connectivity index (χ1) is 7.00. The van der Waals surface area contributed by atoms with Crippen LogP contribution in [0.3, 0.4) is 0 Å². The van der Waals surface area contributed by atoms with Crippen LogP contribution in [0.2, 0.25) is 0 Å². The second kappa shape index (κ2) is 4.94. The number of para-hydroxylation sites is 1. The number of carbonyl (C=O) groups excluding carboxylic acids is 1. The first-order valence-corrected chi connectivity index (χ1v) is 5.01. The molecule has 3 nitrogen and oxygen atoms in total. The molecule has 0 saturated heterocycles. The Labute approximate surface area is 91.1 Å². The standard InChI is InChI=1S/C12H18N2O/c1-9-6-5-7-11(8-14(3)4)12(9)13-10(2)15/h5-7H,8H2,1-4H3,(H,13,15). The number of anilines is 1. The number of carbonyl (C=O) groups is 1. The Kier molecular flexibility index (Phi) is 3.86. The van der Waals surface area contributed by atoms with Crippen LogP contribution in [0.1, 0.15) is 18.1 Å². The predicted octanol–water partition coefficient (Wildman–Crippen LogP) is 2.02. The molecule has 0 radical (unpaired) electrons. The minimum Gasteiger partial charge on any atom is -0.326 e. The average Bonchev–Trinajstić information content (AvgIpc) is 2.09. The van der Waals surface area contributed by atoms with Gasteiger partial charge in [0.1, 0.15) is 0 Å². The van der Waals surface area contributed by atoms with Crippen LogP contribution in [0.5, 0.6) is 0 Å². The summed E-state index contributed by atoms with van der Waals surface area (Å²) < 4.78 is 0. The quantitative estimate of drug-likeness (QED) is 0.820. The Morgan fingerprint density at radius 1 is 1.40 bits per heavy atom. The maximum Gasteiger partial charge on any atom is 0.221 e. The van der Waals surface area contributed by atoms with Crippen molar-refractivity contribution in [1.82, 2.24) is 4.90 Å². The zero-order chi connectivity index (χ0) is 11.4. The Morgan fingerprint density at radius 3 is 2.60 bits per heavy atom. The van der Waals surface area contributed by atoms with Crippen molar-refractivity contribution in [3.05, 3.63) is 29.3 Å². The third kappa shape index (κ3) is 3.36. The highest BCUT2D eigenvalue weighted by Gasteiger charge is 2.07. The number of hydrogen-bond acceptors (Lipinski definition) is 2. The lowest BCUT2D eigenvalue weighted by Gasteiger charge is -2.16. The minimum atomic E-state index is -0.0238. The Bertz CT molecular complexity index is 359. The van der Waals surface area contributed by atoms with Crippen molar-refractivity contribution < 1.29 is 4.79 Å². The van der Waals surface area contributed by atoms with E-state index in [2.05, 4.69) is 10.2 Å². The van der Waals surface area contributed by atoms with E-state index >= 15 is 0 Å². The van der Waals surface area contributed by atoms with Crippen LogP contribution in [0.25, 0.3) is 0 Å². The highest BCUT2D eigenvalue weighted by molar-refractivity contribution is 5.90. The maximum absolute atomic E-state index is 11.1. The number of nitrogens with zero attached hydrogens (tertiary/aromatic N) is 1. The fourth-order valence-electron chi connectivity index (χ4n) is 1.56. The summed E-state index contributed by atoms with van der Waals surface area (Å²) in [4.78, 5) is 13.2. The molecule has 1 aromatic carbocycles. The zero-order valence-corrected chi connectivity index (χ0v) is 9.79. The van der Waals surface area contributed by atoms with Gasteiger partial charge in [0.15, 0.2) is 0 Å². The molecule has 0 aliphatic carbocycles. The van der Waals surface area contributed by atoms with Crippen LogP contribution < -0.4 is 5.32 Å². The number of benzene rings is 1. The molecule has 0 spiro atoms. The molecule has 0 bridgehead atoms. The summed E-state index contributed by atoms with van der Waals surface area (Å²) >= 11 is 0. The van der Waals surface area contributed by atoms with E-state index in [1.54, 1.807) is 0 Å². The van der Waals surface area contributed by atoms with Gasteiger partial charge in [0, 0.05) is 19.2 Å². The lowest BCUT2D eigenvalue weighted by atomic mass is 10.1. The van der Waals surface area contributed by atoms with Gasteiger partial charge in [-0.15, -0.1) is 0 Å². The first-order valence-electron chi connectivity index (χ1n) is 5.01. The van der Waals surface area contributed by atoms with E-state index in [0.29, 0.717) is 0 Å². The van der Waals surface area contributed by atoms with Crippen LogP contribution in [-0.4, -0.2) is 24.9 Å². The number of amides is 1. The molecule has 82 valence electrons. The number of hydrogen-bond donors (Lipinski definition) is 1. The van der Waals surface area contributed by atoms with Crippen molar-refractivity contribution in [1.29, 1.82) is 0 Å². The third-order valence-electron chi connectivity index (χ3n) is 2.15. The Morgan fingerprint density at radius 2 is 2.07 bits per heavy atom. The Hall–Kier alpha value is -1.35. The van der Waals surface area contributed by atoms with Crippen molar-refractivity contribution in [2.45, 2.75) is 20.4 Å². The van der Waals surface area contributed by atoms with Crippen molar-refractivity contribution >= 4 is 11.6 Å². The molecule has 0 atom stereocenters. The van der Waals surface area contributed by atoms with Gasteiger partial charge < -0.3 is 10.2 Å². The highest BCUT2D eigenvalue weighted by atomic mass is 16.1. The van der Waals surface area contributed by atoms with Crippen LogP contribution in [-0.2, 0) is 11.3 Å². The molecule has 0 aliphatic heterocycles. The van der Waals surface area contributed by atoms with Gasteiger partial charge in [-0.05, 0) is 32.1 Å². The summed E-state index contributed by atoms with van der Waals surface area (Å²) in [5, 5.41) is 2.88. The lowest BCUT2D eigenvalue weighted by molar-refractivity contribution is -0.114. The molecule has 0 aliphatic rings. The zero-order valence-electron chi connectivity index (χ0n) is 9.79. The van der Waals surface area contributed by atoms with E-state index in [-0.39, 0.29) is 5.91 Å². The normalized spacial score (nSPS) is 10.5. The first kappa shape index (κ1) is 11.7. The molecule has 0 unspecified atom stereocenters. The molecular formula is C12H18N2O. The van der Waals surface area contributed by atoms with Crippen molar-refractivity contribution in [2.24, 2.45) is 0 Å². The SMILES string of the molecule is CC(=O)Nc1c(C)cccc1CN(C)C. The van der Waals surface area contributed by atoms with Gasteiger partial charge in [0.25, 0.3) is 0 Å². The predicted molar refractivity (Wildman–Crippen MR) is 62.9 cm³/mol. The third-order valence-corrected chi connectivity index (χ3v) is 2.15. The average molecular weight is 206 g/mol. The second-order valence-electron chi connectivity index (χ2n) is 4.03. The van der Waals surface area contributed by atoms with E-state index < -0.39 is 0 Å². The van der Waals surface area contributed by atoms with E-state index in [1.807, 2.05) is 39.2 Å². The second-order valence-corrected chi connectivity index (χ2v) is 4.03. The van der Waals surface area contributed by atoms with Gasteiger partial charge in [-0.2, -0.15) is 0 Å². The van der Waals surface area contributed by atoms with Gasteiger partial charge in [-0.1, -0.05) is 18.2 Å². The molecular weight excluding hydrogens is 188 g/mol. The fourth-order valence-corrected chi connectivity index (χ4v) is 1.56. The number of rotatable bonds is 3. The molecule has 0 saturated carbocycles. The molecule has 1 N–H and O–H groups in total. The van der Waals surface area contributed by atoms with Gasteiger partial charge in [0.05, 0.1) is 0 Å². The maximum atomic E-state index is 11.1. The molecule has 0 heterocycles. The molecule has 1 amide bonds. The Balaban J connectivity index is 3.02. The van der Waals surface area contributed by atoms with Crippen molar-refractivity contribution in [3.63, 3.8) is 0 Å². The van der Waals surface area contributed by atoms with Crippen molar-refractivity contribution in [2.75, 3.05) is 19.4 Å². The van der Waals surface area contributed by atoms with Crippen molar-refractivity contribution in [3.8, 4) is 0 Å². The topological polar surface area (TPSA) is 32.3 Å². The van der Waals surface area contributed by atoms with E-state index in [0.717, 1.165) is 23.4 Å². The van der Waals surface area contributed by atoms with Crippen LogP contribution in [0, 0.1) is 6.92 Å². The van der Waals surface area contributed by atoms with E-state index in [4.69, 9.17) is 0 Å². The summed E-state index contributed by atoms with van der Waals surface area (Å²) in [5.74, 6) is -0.0238. The van der Waals surface area contributed by atoms with Crippen LogP contribution in [0.4, 0.5) is 5.69 Å². The van der Waals surface area contributed by atoms with Gasteiger partial charge in [-0.25, -0.2) is 0 Å². The summed E-state index contributed by atoms with van der Waals surface area (Å²) in [5.41, 5.74) is 3.19.